The molecule has 130 valence electrons. The number of rotatable bonds is 4. The van der Waals surface area contributed by atoms with Gasteiger partial charge in [0, 0.05) is 4.88 Å². The molecule has 0 radical (unpaired) electrons. The second-order valence-electron chi connectivity index (χ2n) is 5.84. The quantitative estimate of drug-likeness (QED) is 0.838. The number of ether oxygens (including phenoxy) is 1. The number of carbonyl (C=O) groups is 2. The van der Waals surface area contributed by atoms with Crippen LogP contribution >= 0.6 is 11.3 Å². The maximum Gasteiger partial charge on any atom is 0.338 e. The summed E-state index contributed by atoms with van der Waals surface area (Å²) < 4.78 is 5.00. The molecule has 6 nitrogen and oxygen atoms in total. The molecule has 1 aliphatic carbocycles. The van der Waals surface area contributed by atoms with Crippen molar-refractivity contribution in [1.29, 1.82) is 10.5 Å². The van der Waals surface area contributed by atoms with Crippen molar-refractivity contribution in [3.63, 3.8) is 0 Å². The number of carbonyl (C=O) groups excluding carboxylic acids is 2. The lowest BCUT2D eigenvalue weighted by Crippen LogP contribution is -2.20. The van der Waals surface area contributed by atoms with Crippen molar-refractivity contribution >= 4 is 28.2 Å². The van der Waals surface area contributed by atoms with Crippen LogP contribution in [0.15, 0.2) is 24.3 Å². The van der Waals surface area contributed by atoms with Crippen molar-refractivity contribution < 1.29 is 14.3 Å². The number of hydrogen-bond donors (Lipinski definition) is 1. The van der Waals surface area contributed by atoms with Crippen LogP contribution in [0.1, 0.15) is 44.8 Å². The fourth-order valence-corrected chi connectivity index (χ4v) is 4.09. The second-order valence-corrected chi connectivity index (χ2v) is 6.95. The van der Waals surface area contributed by atoms with Gasteiger partial charge in [0.15, 0.2) is 6.61 Å². The lowest BCUT2D eigenvalue weighted by atomic mass is 9.96. The summed E-state index contributed by atoms with van der Waals surface area (Å²) in [5, 5.41) is 21.3. The van der Waals surface area contributed by atoms with Gasteiger partial charge in [-0.15, -0.1) is 11.3 Å². The third-order valence-corrected chi connectivity index (χ3v) is 5.33. The van der Waals surface area contributed by atoms with Gasteiger partial charge in [-0.3, -0.25) is 4.79 Å². The molecular formula is C19H15N3O3S. The molecule has 2 aromatic rings. The first-order chi connectivity index (χ1) is 12.6. The Kier molecular flexibility index (Phi) is 5.31. The number of aryl methyl sites for hydroxylation is 1. The molecular weight excluding hydrogens is 350 g/mol. The molecule has 1 aliphatic rings. The highest BCUT2D eigenvalue weighted by Gasteiger charge is 2.22. The van der Waals surface area contributed by atoms with Gasteiger partial charge in [0.2, 0.25) is 0 Å². The van der Waals surface area contributed by atoms with Gasteiger partial charge >= 0.3 is 5.97 Å². The molecule has 0 bridgehead atoms. The van der Waals surface area contributed by atoms with Gasteiger partial charge in [0.1, 0.15) is 11.1 Å². The average Bonchev–Trinajstić information content (AvgIpc) is 3.03. The normalized spacial score (nSPS) is 12.4. The van der Waals surface area contributed by atoms with Crippen molar-refractivity contribution in [1.82, 2.24) is 0 Å². The smallest absolute Gasteiger partial charge is 0.338 e. The number of benzene rings is 1. The summed E-state index contributed by atoms with van der Waals surface area (Å²) in [5.74, 6) is -1.13. The van der Waals surface area contributed by atoms with Crippen molar-refractivity contribution in [2.45, 2.75) is 25.7 Å². The molecule has 0 unspecified atom stereocenters. The molecule has 7 heteroatoms. The Morgan fingerprint density at radius 1 is 1.12 bits per heavy atom. The summed E-state index contributed by atoms with van der Waals surface area (Å²) in [5.41, 5.74) is 2.26. The number of fused-ring (bicyclic) bond motifs is 1. The minimum Gasteiger partial charge on any atom is -0.452 e. The van der Waals surface area contributed by atoms with Gasteiger partial charge in [-0.25, -0.2) is 4.79 Å². The summed E-state index contributed by atoms with van der Waals surface area (Å²) >= 11 is 1.42. The standard InChI is InChI=1S/C19H15N3O3S/c20-9-12-5-7-13(8-6-12)19(24)25-11-17(23)22-18-15(10-21)14-3-1-2-4-16(14)26-18/h5-8H,1-4,11H2,(H,22,23). The fourth-order valence-electron chi connectivity index (χ4n) is 2.83. The highest BCUT2D eigenvalue weighted by molar-refractivity contribution is 7.16. The van der Waals surface area contributed by atoms with Gasteiger partial charge < -0.3 is 10.1 Å². The number of esters is 1. The fraction of sp³-hybridized carbons (Fsp3) is 0.263. The minimum absolute atomic E-state index is 0.265. The molecule has 3 rings (SSSR count). The zero-order chi connectivity index (χ0) is 18.5. The third kappa shape index (κ3) is 3.74. The van der Waals surface area contributed by atoms with E-state index in [-0.39, 0.29) is 5.56 Å². The van der Waals surface area contributed by atoms with E-state index in [1.807, 2.05) is 6.07 Å². The van der Waals surface area contributed by atoms with Gasteiger partial charge in [0.25, 0.3) is 5.91 Å². The Morgan fingerprint density at radius 3 is 2.54 bits per heavy atom. The molecule has 1 N–H and O–H groups in total. The molecule has 1 aromatic heterocycles. The molecule has 0 fully saturated rings. The van der Waals surface area contributed by atoms with Crippen molar-refractivity contribution in [2.75, 3.05) is 11.9 Å². The number of amides is 1. The number of nitrogens with zero attached hydrogens (tertiary/aromatic N) is 2. The van der Waals surface area contributed by atoms with Gasteiger partial charge in [-0.05, 0) is 55.5 Å². The molecule has 0 spiro atoms. The molecule has 26 heavy (non-hydrogen) atoms. The Hall–Kier alpha value is -3.16. The van der Waals surface area contributed by atoms with Crippen molar-refractivity contribution in [2.24, 2.45) is 0 Å². The summed E-state index contributed by atoms with van der Waals surface area (Å²) in [4.78, 5) is 25.2. The van der Waals surface area contributed by atoms with Crippen LogP contribution in [0.2, 0.25) is 0 Å². The number of hydrogen-bond acceptors (Lipinski definition) is 6. The monoisotopic (exact) mass is 365 g/mol. The summed E-state index contributed by atoms with van der Waals surface area (Å²) in [6, 6.07) is 10.1. The highest BCUT2D eigenvalue weighted by atomic mass is 32.1. The van der Waals surface area contributed by atoms with Crippen LogP contribution in [0.3, 0.4) is 0 Å². The Bertz CT molecular complexity index is 933. The molecule has 0 aliphatic heterocycles. The largest absolute Gasteiger partial charge is 0.452 e. The van der Waals surface area contributed by atoms with E-state index in [1.54, 1.807) is 0 Å². The van der Waals surface area contributed by atoms with Gasteiger partial charge in [0.05, 0.1) is 22.8 Å². The Balaban J connectivity index is 1.61. The number of nitrogens with one attached hydrogen (secondary N) is 1. The number of thiophene rings is 1. The molecule has 1 heterocycles. The zero-order valence-electron chi connectivity index (χ0n) is 13.9. The number of nitriles is 2. The topological polar surface area (TPSA) is 103 Å². The highest BCUT2D eigenvalue weighted by Crippen LogP contribution is 2.37. The third-order valence-electron chi connectivity index (χ3n) is 4.12. The van der Waals surface area contributed by atoms with Crippen LogP contribution in [0.4, 0.5) is 5.00 Å². The zero-order valence-corrected chi connectivity index (χ0v) is 14.7. The van der Waals surface area contributed by atoms with Gasteiger partial charge in [-0.1, -0.05) is 0 Å². The van der Waals surface area contributed by atoms with Crippen LogP contribution in [0, 0.1) is 22.7 Å². The molecule has 1 aromatic carbocycles. The number of anilines is 1. The van der Waals surface area contributed by atoms with E-state index < -0.39 is 18.5 Å². The van der Waals surface area contributed by atoms with E-state index in [2.05, 4.69) is 11.4 Å². The van der Waals surface area contributed by atoms with Gasteiger partial charge in [-0.2, -0.15) is 10.5 Å². The lowest BCUT2D eigenvalue weighted by Gasteiger charge is -2.09. The molecule has 0 saturated heterocycles. The van der Waals surface area contributed by atoms with Crippen molar-refractivity contribution in [3.05, 3.63) is 51.4 Å². The first kappa shape index (κ1) is 17.7. The van der Waals surface area contributed by atoms with E-state index >= 15 is 0 Å². The predicted octanol–water partition coefficient (Wildman–Crippen LogP) is 3.17. The van der Waals surface area contributed by atoms with E-state index in [0.29, 0.717) is 16.1 Å². The summed E-state index contributed by atoms with van der Waals surface area (Å²) in [7, 11) is 0. The van der Waals surface area contributed by atoms with E-state index in [0.717, 1.165) is 36.1 Å². The van der Waals surface area contributed by atoms with Crippen LogP contribution in [-0.2, 0) is 22.4 Å². The van der Waals surface area contributed by atoms with Crippen LogP contribution in [0.5, 0.6) is 0 Å². The SMILES string of the molecule is N#Cc1ccc(C(=O)OCC(=O)Nc2sc3c(c2C#N)CCCC3)cc1. The molecule has 1 amide bonds. The average molecular weight is 365 g/mol. The van der Waals surface area contributed by atoms with Crippen LogP contribution in [0.25, 0.3) is 0 Å². The Morgan fingerprint density at radius 2 is 1.85 bits per heavy atom. The summed E-state index contributed by atoms with van der Waals surface area (Å²) in [6.45, 7) is -0.438. The minimum atomic E-state index is -0.643. The second kappa shape index (κ2) is 7.81. The first-order valence-electron chi connectivity index (χ1n) is 8.14. The molecule has 0 atom stereocenters. The summed E-state index contributed by atoms with van der Waals surface area (Å²) in [6.07, 6.45) is 3.93. The van der Waals surface area contributed by atoms with E-state index in [9.17, 15) is 14.9 Å². The van der Waals surface area contributed by atoms with Crippen LogP contribution in [-0.4, -0.2) is 18.5 Å². The Labute approximate surface area is 154 Å². The predicted molar refractivity (Wildman–Crippen MR) is 95.7 cm³/mol. The van der Waals surface area contributed by atoms with E-state index in [1.165, 1.54) is 35.6 Å². The van der Waals surface area contributed by atoms with Crippen LogP contribution < -0.4 is 5.32 Å². The maximum absolute atomic E-state index is 12.1. The van der Waals surface area contributed by atoms with Crippen molar-refractivity contribution in [3.8, 4) is 12.1 Å². The lowest BCUT2D eigenvalue weighted by molar-refractivity contribution is -0.119. The maximum atomic E-state index is 12.1. The van der Waals surface area contributed by atoms with E-state index in [4.69, 9.17) is 10.00 Å². The molecule has 0 saturated carbocycles. The first-order valence-corrected chi connectivity index (χ1v) is 8.96.